The summed E-state index contributed by atoms with van der Waals surface area (Å²) >= 11 is 0. The van der Waals surface area contributed by atoms with Gasteiger partial charge in [0.15, 0.2) is 5.75 Å². The monoisotopic (exact) mass is 629 g/mol. The molecule has 0 aliphatic carbocycles. The Bertz CT molecular complexity index is 2310. The van der Waals surface area contributed by atoms with Gasteiger partial charge < -0.3 is 15.5 Å². The van der Waals surface area contributed by atoms with E-state index >= 15 is 0 Å². The van der Waals surface area contributed by atoms with Crippen LogP contribution in [-0.2, 0) is 0 Å². The highest BCUT2D eigenvalue weighted by Gasteiger charge is 2.29. The van der Waals surface area contributed by atoms with E-state index in [4.69, 9.17) is 9.97 Å². The van der Waals surface area contributed by atoms with Crippen LogP contribution in [0.3, 0.4) is 0 Å². The number of pyridine rings is 2. The van der Waals surface area contributed by atoms with Gasteiger partial charge in [0, 0.05) is 27.5 Å². The highest BCUT2D eigenvalue weighted by molar-refractivity contribution is 6.19. The number of aromatic nitrogens is 2. The summed E-state index contributed by atoms with van der Waals surface area (Å²) in [5.74, 6) is -2.10. The van der Waals surface area contributed by atoms with Crippen molar-refractivity contribution in [1.29, 1.82) is 0 Å². The molecule has 7 aromatic rings. The molecule has 1 amide bonds. The van der Waals surface area contributed by atoms with Gasteiger partial charge in [0.1, 0.15) is 11.3 Å². The van der Waals surface area contributed by atoms with E-state index in [9.17, 15) is 19.8 Å². The zero-order chi connectivity index (χ0) is 33.2. The van der Waals surface area contributed by atoms with Crippen LogP contribution in [0.1, 0.15) is 45.7 Å². The highest BCUT2D eigenvalue weighted by Crippen LogP contribution is 2.44. The predicted molar refractivity (Wildman–Crippen MR) is 189 cm³/mol. The van der Waals surface area contributed by atoms with Crippen molar-refractivity contribution < 1.29 is 19.8 Å². The average molecular weight is 630 g/mol. The number of hydrogen-bond donors (Lipinski definition) is 3. The second kappa shape index (κ2) is 12.8. The number of carbonyl (C=O) groups is 2. The number of amides is 1. The highest BCUT2D eigenvalue weighted by atomic mass is 16.4. The molecule has 1 unspecified atom stereocenters. The first-order chi connectivity index (χ1) is 23.5. The van der Waals surface area contributed by atoms with Crippen LogP contribution < -0.4 is 5.32 Å². The number of benzene rings is 5. The van der Waals surface area contributed by atoms with E-state index in [1.807, 2.05) is 97.9 Å². The molecular weight excluding hydrogens is 598 g/mol. The van der Waals surface area contributed by atoms with Gasteiger partial charge >= 0.3 is 5.97 Å². The Hall–Kier alpha value is -6.34. The molecule has 0 saturated carbocycles. The van der Waals surface area contributed by atoms with Gasteiger partial charge in [-0.3, -0.25) is 4.79 Å². The molecule has 1 atom stereocenters. The van der Waals surface area contributed by atoms with Gasteiger partial charge in [0.2, 0.25) is 0 Å². The fourth-order valence-corrected chi connectivity index (χ4v) is 6.37. The summed E-state index contributed by atoms with van der Waals surface area (Å²) < 4.78 is 0. The van der Waals surface area contributed by atoms with E-state index in [0.717, 1.165) is 11.1 Å². The van der Waals surface area contributed by atoms with Crippen molar-refractivity contribution in [3.63, 3.8) is 0 Å². The third kappa shape index (κ3) is 5.41. The Balaban J connectivity index is 1.58. The lowest BCUT2D eigenvalue weighted by Crippen LogP contribution is -2.29. The molecule has 0 radical (unpaired) electrons. The van der Waals surface area contributed by atoms with Gasteiger partial charge in [-0.1, -0.05) is 128 Å². The maximum atomic E-state index is 14.7. The molecule has 0 saturated heterocycles. The number of rotatable bonds is 8. The Labute approximate surface area is 277 Å². The number of hydrogen-bond acceptors (Lipinski definition) is 5. The number of aromatic hydroxyl groups is 1. The van der Waals surface area contributed by atoms with E-state index in [1.165, 1.54) is 0 Å². The van der Waals surface area contributed by atoms with E-state index in [1.54, 1.807) is 42.5 Å². The topological polar surface area (TPSA) is 112 Å². The third-order valence-corrected chi connectivity index (χ3v) is 8.60. The van der Waals surface area contributed by atoms with Crippen molar-refractivity contribution in [1.82, 2.24) is 15.3 Å². The molecule has 7 nitrogen and oxygen atoms in total. The van der Waals surface area contributed by atoms with E-state index < -0.39 is 11.7 Å². The summed E-state index contributed by atoms with van der Waals surface area (Å²) in [6.45, 7) is 2.02. The smallest absolute Gasteiger partial charge is 0.340 e. The number of para-hydroxylation sites is 1. The summed E-state index contributed by atoms with van der Waals surface area (Å²) in [4.78, 5) is 37.6. The first-order valence-corrected chi connectivity index (χ1v) is 15.7. The van der Waals surface area contributed by atoms with Crippen LogP contribution in [0.15, 0.2) is 133 Å². The Morgan fingerprint density at radius 1 is 0.667 bits per heavy atom. The SMILES string of the molecule is CCC(NC(=O)c1c(-c2cccc3nc(-c4ccccc4)c(O)c(C(=O)O)c23)c(-c2ccccc2)nc2ccccc12)c1ccccc1. The maximum absolute atomic E-state index is 14.7. The maximum Gasteiger partial charge on any atom is 0.340 e. The van der Waals surface area contributed by atoms with Crippen molar-refractivity contribution in [2.24, 2.45) is 0 Å². The summed E-state index contributed by atoms with van der Waals surface area (Å²) in [5.41, 5.74) is 4.84. The van der Waals surface area contributed by atoms with E-state index in [2.05, 4.69) is 5.32 Å². The minimum atomic E-state index is -1.32. The van der Waals surface area contributed by atoms with Crippen LogP contribution >= 0.6 is 0 Å². The van der Waals surface area contributed by atoms with Gasteiger partial charge in [-0.2, -0.15) is 0 Å². The lowest BCUT2D eigenvalue weighted by Gasteiger charge is -2.23. The normalized spacial score (nSPS) is 11.8. The van der Waals surface area contributed by atoms with Crippen LogP contribution in [-0.4, -0.2) is 32.1 Å². The van der Waals surface area contributed by atoms with Crippen LogP contribution in [0.4, 0.5) is 0 Å². The van der Waals surface area contributed by atoms with Gasteiger partial charge in [-0.15, -0.1) is 0 Å². The third-order valence-electron chi connectivity index (χ3n) is 8.60. The number of carboxylic acids is 1. The number of carboxylic acid groups (broad SMARTS) is 1. The fraction of sp³-hybridized carbons (Fsp3) is 0.0732. The summed E-state index contributed by atoms with van der Waals surface area (Å²) in [5, 5.41) is 26.3. The molecule has 0 spiro atoms. The zero-order valence-corrected chi connectivity index (χ0v) is 26.1. The number of carbonyl (C=O) groups excluding carboxylic acids is 1. The molecule has 0 fully saturated rings. The van der Waals surface area contributed by atoms with Crippen molar-refractivity contribution in [2.75, 3.05) is 0 Å². The quantitative estimate of drug-likeness (QED) is 0.155. The van der Waals surface area contributed by atoms with Gasteiger partial charge in [0.05, 0.1) is 28.3 Å². The van der Waals surface area contributed by atoms with E-state index in [-0.39, 0.29) is 28.6 Å². The summed E-state index contributed by atoms with van der Waals surface area (Å²) in [6, 6.07) is 40.7. The lowest BCUT2D eigenvalue weighted by atomic mass is 9.87. The molecule has 234 valence electrons. The molecule has 48 heavy (non-hydrogen) atoms. The zero-order valence-electron chi connectivity index (χ0n) is 26.1. The van der Waals surface area contributed by atoms with Gasteiger partial charge in [-0.25, -0.2) is 14.8 Å². The largest absolute Gasteiger partial charge is 0.505 e. The molecular formula is C41H31N3O4. The first-order valence-electron chi connectivity index (χ1n) is 15.7. The second-order valence-corrected chi connectivity index (χ2v) is 11.5. The lowest BCUT2D eigenvalue weighted by molar-refractivity contribution is 0.0695. The minimum absolute atomic E-state index is 0.157. The second-order valence-electron chi connectivity index (χ2n) is 11.5. The Morgan fingerprint density at radius 3 is 1.88 bits per heavy atom. The first kappa shape index (κ1) is 30.3. The van der Waals surface area contributed by atoms with Crippen molar-refractivity contribution >= 4 is 33.7 Å². The number of nitrogens with one attached hydrogen (secondary N) is 1. The Kier molecular flexibility index (Phi) is 8.09. The summed E-state index contributed by atoms with van der Waals surface area (Å²) in [6.07, 6.45) is 0.650. The number of fused-ring (bicyclic) bond motifs is 2. The molecule has 7 heteroatoms. The average Bonchev–Trinajstić information content (AvgIpc) is 3.13. The molecule has 7 rings (SSSR count). The summed E-state index contributed by atoms with van der Waals surface area (Å²) in [7, 11) is 0. The van der Waals surface area contributed by atoms with Crippen molar-refractivity contribution in [3.8, 4) is 39.4 Å². The van der Waals surface area contributed by atoms with Crippen LogP contribution in [0.5, 0.6) is 5.75 Å². The van der Waals surface area contributed by atoms with Crippen LogP contribution in [0.2, 0.25) is 0 Å². The number of aromatic carboxylic acids is 1. The molecule has 5 aromatic carbocycles. The van der Waals surface area contributed by atoms with Crippen molar-refractivity contribution in [2.45, 2.75) is 19.4 Å². The van der Waals surface area contributed by atoms with Gasteiger partial charge in [0.25, 0.3) is 5.91 Å². The molecule has 2 heterocycles. The molecule has 0 aliphatic rings. The minimum Gasteiger partial charge on any atom is -0.505 e. The van der Waals surface area contributed by atoms with Crippen molar-refractivity contribution in [3.05, 3.63) is 150 Å². The predicted octanol–water partition coefficient (Wildman–Crippen LogP) is 9.07. The van der Waals surface area contributed by atoms with Crippen LogP contribution in [0, 0.1) is 0 Å². The van der Waals surface area contributed by atoms with Crippen LogP contribution in [0.25, 0.3) is 55.4 Å². The van der Waals surface area contributed by atoms with E-state index in [0.29, 0.717) is 50.8 Å². The van der Waals surface area contributed by atoms with Gasteiger partial charge in [-0.05, 0) is 29.7 Å². The fourth-order valence-electron chi connectivity index (χ4n) is 6.37. The molecule has 2 aromatic heterocycles. The standard InChI is InChI=1S/C41H31N3O4/c1-2-30(25-15-6-3-7-16-25)44-40(46)35-28-21-12-13-23-31(28)42-37(26-17-8-4-9-18-26)34(35)29-22-14-24-32-33(29)36(41(47)48)39(45)38(43-32)27-19-10-5-11-20-27/h3-24,30,45H,2H2,1H3,(H,44,46)(H,47,48). The number of nitrogens with zero attached hydrogens (tertiary/aromatic N) is 2. The Morgan fingerprint density at radius 2 is 1.23 bits per heavy atom. The molecule has 3 N–H and O–H groups in total. The molecule has 0 bridgehead atoms. The molecule has 0 aliphatic heterocycles.